The van der Waals surface area contributed by atoms with Crippen LogP contribution in [0.2, 0.25) is 5.15 Å². The molecule has 0 fully saturated rings. The zero-order chi connectivity index (χ0) is 12.6. The normalized spacial score (nSPS) is 10.8. The van der Waals surface area contributed by atoms with Crippen LogP contribution in [0.5, 0.6) is 0 Å². The predicted molar refractivity (Wildman–Crippen MR) is 65.3 cm³/mol. The quantitative estimate of drug-likeness (QED) is 0.522. The van der Waals surface area contributed by atoms with E-state index in [1.165, 1.54) is 20.5 Å². The zero-order valence-electron chi connectivity index (χ0n) is 9.64. The zero-order valence-corrected chi connectivity index (χ0v) is 10.4. The molecular weight excluding hydrogens is 242 g/mol. The molecular formula is C9H10BClN4O2. The maximum Gasteiger partial charge on any atom is 0.279 e. The van der Waals surface area contributed by atoms with Crippen LogP contribution in [-0.2, 0) is 4.84 Å². The van der Waals surface area contributed by atoms with Gasteiger partial charge in [-0.25, -0.2) is 14.6 Å². The molecule has 0 bridgehead atoms. The van der Waals surface area contributed by atoms with Gasteiger partial charge in [0, 0.05) is 7.05 Å². The molecule has 1 amide bonds. The van der Waals surface area contributed by atoms with Crippen LogP contribution in [0.3, 0.4) is 0 Å². The summed E-state index contributed by atoms with van der Waals surface area (Å²) in [6, 6.07) is 1.70. The first-order chi connectivity index (χ1) is 8.06. The first kappa shape index (κ1) is 11.9. The Morgan fingerprint density at radius 1 is 1.65 bits per heavy atom. The highest BCUT2D eigenvalue weighted by Crippen LogP contribution is 2.18. The summed E-state index contributed by atoms with van der Waals surface area (Å²) in [4.78, 5) is 20.8. The van der Waals surface area contributed by atoms with Crippen LogP contribution in [-0.4, -0.2) is 47.6 Å². The fourth-order valence-corrected chi connectivity index (χ4v) is 1.81. The Morgan fingerprint density at radius 3 is 3.00 bits per heavy atom. The van der Waals surface area contributed by atoms with Crippen molar-refractivity contribution in [2.45, 2.75) is 0 Å². The molecule has 0 saturated carbocycles. The van der Waals surface area contributed by atoms with Gasteiger partial charge in [-0.3, -0.25) is 9.63 Å². The molecule has 0 N–H and O–H groups in total. The van der Waals surface area contributed by atoms with Crippen molar-refractivity contribution in [1.29, 1.82) is 0 Å². The Labute approximate surface area is 103 Å². The lowest BCUT2D eigenvalue weighted by molar-refractivity contribution is -0.0755. The third-order valence-corrected chi connectivity index (χ3v) is 2.75. The second-order valence-electron chi connectivity index (χ2n) is 3.50. The number of aromatic nitrogens is 3. The molecule has 0 aliphatic carbocycles. The summed E-state index contributed by atoms with van der Waals surface area (Å²) in [7, 11) is 4.78. The fraction of sp³-hybridized carbons (Fsp3) is 0.222. The van der Waals surface area contributed by atoms with Gasteiger partial charge in [0.05, 0.1) is 12.7 Å². The molecule has 2 aromatic heterocycles. The first-order valence-corrected chi connectivity index (χ1v) is 5.25. The largest absolute Gasteiger partial charge is 0.279 e. The van der Waals surface area contributed by atoms with E-state index in [0.29, 0.717) is 11.1 Å². The molecule has 2 aromatic rings. The summed E-state index contributed by atoms with van der Waals surface area (Å²) in [5.41, 5.74) is 1.70. The van der Waals surface area contributed by atoms with Gasteiger partial charge in [-0.15, -0.1) is 0 Å². The van der Waals surface area contributed by atoms with E-state index in [1.54, 1.807) is 10.6 Å². The van der Waals surface area contributed by atoms with Gasteiger partial charge in [-0.1, -0.05) is 11.6 Å². The van der Waals surface area contributed by atoms with E-state index in [-0.39, 0.29) is 11.1 Å². The number of hydrogen-bond donors (Lipinski definition) is 0. The predicted octanol–water partition coefficient (Wildman–Crippen LogP) is -0.726. The number of fused-ring (bicyclic) bond motifs is 1. The molecule has 2 rings (SSSR count). The first-order valence-electron chi connectivity index (χ1n) is 4.87. The summed E-state index contributed by atoms with van der Waals surface area (Å²) < 4.78 is 1.58. The molecule has 0 aliphatic rings. The molecule has 6 nitrogen and oxygen atoms in total. The molecule has 0 radical (unpaired) electrons. The van der Waals surface area contributed by atoms with Crippen LogP contribution in [0.1, 0.15) is 10.4 Å². The minimum Gasteiger partial charge on any atom is -0.274 e. The minimum atomic E-state index is -0.296. The summed E-state index contributed by atoms with van der Waals surface area (Å²) in [5, 5.41) is 5.40. The molecule has 88 valence electrons. The number of carbonyl (C=O) groups is 1. The second kappa shape index (κ2) is 4.35. The Hall–Kier alpha value is -1.60. The van der Waals surface area contributed by atoms with Crippen molar-refractivity contribution in [3.05, 3.63) is 23.1 Å². The average molecular weight is 252 g/mol. The van der Waals surface area contributed by atoms with E-state index in [0.717, 1.165) is 10.7 Å². The third-order valence-electron chi connectivity index (χ3n) is 2.48. The maximum atomic E-state index is 12.0. The number of amides is 1. The topological polar surface area (TPSA) is 59.7 Å². The minimum absolute atomic E-state index is 0.237. The van der Waals surface area contributed by atoms with Crippen molar-refractivity contribution in [3.8, 4) is 0 Å². The average Bonchev–Trinajstić information content (AvgIpc) is 2.66. The number of rotatable bonds is 2. The van der Waals surface area contributed by atoms with Gasteiger partial charge < -0.3 is 0 Å². The fourth-order valence-electron chi connectivity index (χ4n) is 1.58. The Balaban J connectivity index is 2.66. The molecule has 8 heteroatoms. The van der Waals surface area contributed by atoms with E-state index < -0.39 is 0 Å². The van der Waals surface area contributed by atoms with Crippen molar-refractivity contribution in [3.63, 3.8) is 0 Å². The smallest absolute Gasteiger partial charge is 0.274 e. The number of carbonyl (C=O) groups excluding carboxylic acids is 1. The Morgan fingerprint density at radius 2 is 2.35 bits per heavy atom. The van der Waals surface area contributed by atoms with Gasteiger partial charge in [-0.2, -0.15) is 5.10 Å². The Bertz CT molecular complexity index is 586. The molecule has 0 saturated heterocycles. The number of hydrogen-bond acceptors (Lipinski definition) is 4. The Kier molecular flexibility index (Phi) is 3.04. The van der Waals surface area contributed by atoms with Crippen LogP contribution in [0.4, 0.5) is 0 Å². The van der Waals surface area contributed by atoms with Crippen LogP contribution in [0, 0.1) is 0 Å². The van der Waals surface area contributed by atoms with Crippen molar-refractivity contribution < 1.29 is 9.63 Å². The van der Waals surface area contributed by atoms with E-state index in [1.807, 2.05) is 7.85 Å². The lowest BCUT2D eigenvalue weighted by Gasteiger charge is -2.12. The molecule has 0 spiro atoms. The summed E-state index contributed by atoms with van der Waals surface area (Å²) in [6.07, 6.45) is 1.34. The van der Waals surface area contributed by atoms with Crippen molar-refractivity contribution >= 4 is 36.5 Å². The SMILES string of the molecule is Bc1cc(C(=O)N(C)OC)c2c(Cl)ncnn12. The van der Waals surface area contributed by atoms with Crippen molar-refractivity contribution in [1.82, 2.24) is 19.7 Å². The van der Waals surface area contributed by atoms with Gasteiger partial charge in [-0.05, 0) is 11.7 Å². The van der Waals surface area contributed by atoms with Crippen LogP contribution in [0.25, 0.3) is 5.52 Å². The molecule has 0 aliphatic heterocycles. The molecule has 0 atom stereocenters. The van der Waals surface area contributed by atoms with Crippen LogP contribution in [0.15, 0.2) is 12.4 Å². The van der Waals surface area contributed by atoms with Crippen LogP contribution >= 0.6 is 11.6 Å². The monoisotopic (exact) mass is 252 g/mol. The highest BCUT2D eigenvalue weighted by molar-refractivity contribution is 6.36. The lowest BCUT2D eigenvalue weighted by atomic mass is 10.1. The highest BCUT2D eigenvalue weighted by atomic mass is 35.5. The summed E-state index contributed by atoms with van der Waals surface area (Å²) in [5.74, 6) is -0.296. The lowest BCUT2D eigenvalue weighted by Crippen LogP contribution is -2.25. The van der Waals surface area contributed by atoms with Gasteiger partial charge in [0.15, 0.2) is 13.0 Å². The van der Waals surface area contributed by atoms with Gasteiger partial charge in [0.25, 0.3) is 5.91 Å². The number of hydroxylamine groups is 2. The van der Waals surface area contributed by atoms with Gasteiger partial charge >= 0.3 is 0 Å². The summed E-state index contributed by atoms with van der Waals surface area (Å²) in [6.45, 7) is 0. The van der Waals surface area contributed by atoms with Gasteiger partial charge in [0.2, 0.25) is 0 Å². The molecule has 17 heavy (non-hydrogen) atoms. The van der Waals surface area contributed by atoms with E-state index in [9.17, 15) is 4.79 Å². The van der Waals surface area contributed by atoms with Crippen molar-refractivity contribution in [2.24, 2.45) is 0 Å². The molecule has 2 heterocycles. The summed E-state index contributed by atoms with van der Waals surface area (Å²) >= 11 is 5.98. The number of halogens is 1. The van der Waals surface area contributed by atoms with E-state index >= 15 is 0 Å². The van der Waals surface area contributed by atoms with E-state index in [2.05, 4.69) is 10.1 Å². The molecule has 0 unspecified atom stereocenters. The van der Waals surface area contributed by atoms with E-state index in [4.69, 9.17) is 16.4 Å². The van der Waals surface area contributed by atoms with Crippen LogP contribution < -0.4 is 5.59 Å². The van der Waals surface area contributed by atoms with Gasteiger partial charge in [0.1, 0.15) is 11.8 Å². The third kappa shape index (κ3) is 1.87. The second-order valence-corrected chi connectivity index (χ2v) is 3.85. The highest BCUT2D eigenvalue weighted by Gasteiger charge is 2.20. The maximum absolute atomic E-state index is 12.0. The molecule has 0 aromatic carbocycles. The van der Waals surface area contributed by atoms with Crippen molar-refractivity contribution in [2.75, 3.05) is 14.2 Å². The standard InChI is InChI=1S/C9H10BClN4O2/c1-14(17-2)9(16)5-3-6(10)15-7(5)8(11)12-4-13-15/h3-4H,10H2,1-2H3. The number of nitrogens with zero attached hydrogens (tertiary/aromatic N) is 4.